The van der Waals surface area contributed by atoms with Crippen LogP contribution in [0.1, 0.15) is 15.9 Å². The molecule has 0 bridgehead atoms. The lowest BCUT2D eigenvalue weighted by Crippen LogP contribution is -2.04. The summed E-state index contributed by atoms with van der Waals surface area (Å²) < 4.78 is 98.8. The quantitative estimate of drug-likeness (QED) is 0.221. The summed E-state index contributed by atoms with van der Waals surface area (Å²) in [5, 5.41) is 26.0. The molecular weight excluding hydrogens is 532 g/mol. The smallest absolute Gasteiger partial charge is 0.337 e. The zero-order valence-electron chi connectivity index (χ0n) is 17.2. The number of carboxylic acid groups (broad SMARTS) is 1. The average Bonchev–Trinajstić information content (AvgIpc) is 2.70. The molecule has 3 aromatic carbocycles. The van der Waals surface area contributed by atoms with Crippen molar-refractivity contribution in [1.82, 2.24) is 0 Å². The van der Waals surface area contributed by atoms with Gasteiger partial charge in [-0.1, -0.05) is 12.1 Å². The van der Waals surface area contributed by atoms with Crippen molar-refractivity contribution in [3.05, 3.63) is 47.5 Å². The van der Waals surface area contributed by atoms with Gasteiger partial charge < -0.3 is 10.2 Å². The third-order valence-corrected chi connectivity index (χ3v) is 7.45. The van der Waals surface area contributed by atoms with Crippen molar-refractivity contribution < 1.29 is 53.9 Å². The highest BCUT2D eigenvalue weighted by Crippen LogP contribution is 2.44. The maximum absolute atomic E-state index is 12.0. The third kappa shape index (κ3) is 5.14. The molecule has 17 heteroatoms. The number of aromatic carboxylic acids is 1. The Morgan fingerprint density at radius 3 is 1.94 bits per heavy atom. The van der Waals surface area contributed by atoms with Gasteiger partial charge in [-0.2, -0.15) is 25.3 Å². The van der Waals surface area contributed by atoms with Crippen molar-refractivity contribution in [3.63, 3.8) is 0 Å². The van der Waals surface area contributed by atoms with E-state index in [1.165, 1.54) is 13.0 Å². The molecule has 5 N–H and O–H groups in total. The number of benzene rings is 3. The van der Waals surface area contributed by atoms with Gasteiger partial charge in [-0.25, -0.2) is 4.79 Å². The SMILES string of the molecule is Cc1ccc2c(O)c(N=Nc3cc(S(=O)(=O)O)ccc3C(=O)O)c(S(=O)(=O)O)cc2c1S(=O)(=O)O. The highest BCUT2D eigenvalue weighted by atomic mass is 32.2. The molecule has 0 aliphatic rings. The fraction of sp³-hybridized carbons (Fsp3) is 0.0556. The number of aromatic hydroxyl groups is 1. The van der Waals surface area contributed by atoms with Crippen LogP contribution >= 0.6 is 0 Å². The van der Waals surface area contributed by atoms with Crippen LogP contribution in [0, 0.1) is 6.92 Å². The molecule has 186 valence electrons. The maximum atomic E-state index is 12.0. The number of fused-ring (bicyclic) bond motifs is 1. The van der Waals surface area contributed by atoms with Gasteiger partial charge in [0.2, 0.25) is 0 Å². The van der Waals surface area contributed by atoms with E-state index in [1.54, 1.807) is 0 Å². The van der Waals surface area contributed by atoms with E-state index in [0.29, 0.717) is 12.1 Å². The fourth-order valence-electron chi connectivity index (χ4n) is 3.18. The monoisotopic (exact) mass is 546 g/mol. The van der Waals surface area contributed by atoms with Gasteiger partial charge >= 0.3 is 5.97 Å². The number of aryl methyl sites for hydroxylation is 1. The summed E-state index contributed by atoms with van der Waals surface area (Å²) in [5.74, 6) is -2.63. The van der Waals surface area contributed by atoms with Crippen LogP contribution in [0.3, 0.4) is 0 Å². The van der Waals surface area contributed by atoms with Gasteiger partial charge in [-0.3, -0.25) is 13.7 Å². The van der Waals surface area contributed by atoms with Crippen LogP contribution in [0.4, 0.5) is 11.4 Å². The number of nitrogens with zero attached hydrogens (tertiary/aromatic N) is 2. The molecule has 3 aromatic rings. The molecule has 0 atom stereocenters. The van der Waals surface area contributed by atoms with Gasteiger partial charge in [0.25, 0.3) is 30.4 Å². The van der Waals surface area contributed by atoms with Crippen LogP contribution < -0.4 is 0 Å². The van der Waals surface area contributed by atoms with Crippen molar-refractivity contribution in [3.8, 4) is 5.75 Å². The van der Waals surface area contributed by atoms with Crippen molar-refractivity contribution in [2.75, 3.05) is 0 Å². The Balaban J connectivity index is 2.41. The summed E-state index contributed by atoms with van der Waals surface area (Å²) in [4.78, 5) is 8.75. The minimum Gasteiger partial charge on any atom is -0.505 e. The first kappa shape index (κ1) is 26.1. The minimum atomic E-state index is -5.23. The Hall–Kier alpha value is -3.48. The van der Waals surface area contributed by atoms with E-state index >= 15 is 0 Å². The van der Waals surface area contributed by atoms with Crippen LogP contribution in [0.2, 0.25) is 0 Å². The van der Waals surface area contributed by atoms with Crippen molar-refractivity contribution in [1.29, 1.82) is 0 Å². The van der Waals surface area contributed by atoms with Gasteiger partial charge in [-0.15, -0.1) is 10.2 Å². The topological polar surface area (TPSA) is 245 Å². The van der Waals surface area contributed by atoms with E-state index in [1.807, 2.05) is 0 Å². The highest BCUT2D eigenvalue weighted by molar-refractivity contribution is 7.86. The molecule has 0 saturated heterocycles. The summed E-state index contributed by atoms with van der Waals surface area (Å²) >= 11 is 0. The second kappa shape index (κ2) is 8.63. The van der Waals surface area contributed by atoms with Crippen LogP contribution in [0.25, 0.3) is 10.8 Å². The number of carboxylic acids is 1. The van der Waals surface area contributed by atoms with E-state index in [0.717, 1.165) is 18.2 Å². The highest BCUT2D eigenvalue weighted by Gasteiger charge is 2.27. The van der Waals surface area contributed by atoms with Crippen LogP contribution in [-0.2, 0) is 30.4 Å². The summed E-state index contributed by atoms with van der Waals surface area (Å²) in [5.41, 5.74) is -2.29. The number of rotatable bonds is 6. The van der Waals surface area contributed by atoms with E-state index in [-0.39, 0.29) is 10.9 Å². The summed E-state index contributed by atoms with van der Waals surface area (Å²) in [6.45, 7) is 1.27. The number of carbonyl (C=O) groups is 1. The molecule has 35 heavy (non-hydrogen) atoms. The molecule has 0 unspecified atom stereocenters. The van der Waals surface area contributed by atoms with Crippen LogP contribution in [-0.4, -0.2) is 55.1 Å². The number of hydrogen-bond donors (Lipinski definition) is 5. The predicted octanol–water partition coefficient (Wildman–Crippen LogP) is 2.71. The molecule has 0 spiro atoms. The molecule has 14 nitrogen and oxygen atoms in total. The standard InChI is InChI=1S/C18H14N2O12S3/c1-8-2-4-10-12(17(8)35(30,31)32)7-14(34(27,28)29)15(16(10)21)20-19-13-6-9(33(24,25)26)3-5-11(13)18(22)23/h2-7,21H,1H3,(H,22,23)(H,24,25,26)(H,27,28,29)(H,30,31,32). The predicted molar refractivity (Wildman–Crippen MR) is 117 cm³/mol. The first-order valence-corrected chi connectivity index (χ1v) is 13.3. The number of azo groups is 1. The lowest BCUT2D eigenvalue weighted by molar-refractivity contribution is 0.0697. The normalized spacial score (nSPS) is 12.9. The first-order valence-electron chi connectivity index (χ1n) is 8.93. The number of phenols is 1. The Morgan fingerprint density at radius 2 is 1.43 bits per heavy atom. The molecule has 0 radical (unpaired) electrons. The van der Waals surface area contributed by atoms with Gasteiger partial charge in [0.15, 0.2) is 5.75 Å². The van der Waals surface area contributed by atoms with E-state index in [4.69, 9.17) is 0 Å². The number of hydrogen-bond acceptors (Lipinski definition) is 10. The van der Waals surface area contributed by atoms with Gasteiger partial charge in [0.05, 0.1) is 10.5 Å². The largest absolute Gasteiger partial charge is 0.505 e. The Morgan fingerprint density at radius 1 is 0.800 bits per heavy atom. The molecule has 0 amide bonds. The lowest BCUT2D eigenvalue weighted by Gasteiger charge is -2.12. The van der Waals surface area contributed by atoms with E-state index < -0.39 is 79.1 Å². The Bertz CT molecular complexity index is 1760. The zero-order valence-corrected chi connectivity index (χ0v) is 19.6. The van der Waals surface area contributed by atoms with Crippen LogP contribution in [0.15, 0.2) is 61.3 Å². The Labute approximate surface area is 197 Å². The minimum absolute atomic E-state index is 0.0248. The molecule has 0 heterocycles. The van der Waals surface area contributed by atoms with Gasteiger partial charge in [0.1, 0.15) is 21.2 Å². The summed E-state index contributed by atoms with van der Waals surface area (Å²) in [6.07, 6.45) is 0. The maximum Gasteiger partial charge on any atom is 0.337 e. The average molecular weight is 547 g/mol. The van der Waals surface area contributed by atoms with E-state index in [2.05, 4.69) is 10.2 Å². The molecule has 0 fully saturated rings. The van der Waals surface area contributed by atoms with Gasteiger partial charge in [-0.05, 0) is 36.8 Å². The van der Waals surface area contributed by atoms with Crippen molar-refractivity contribution in [2.24, 2.45) is 10.2 Å². The molecule has 0 aliphatic heterocycles. The van der Waals surface area contributed by atoms with Gasteiger partial charge in [0, 0.05) is 10.8 Å². The van der Waals surface area contributed by atoms with Crippen molar-refractivity contribution in [2.45, 2.75) is 21.6 Å². The third-order valence-electron chi connectivity index (χ3n) is 4.67. The molecule has 0 aromatic heterocycles. The summed E-state index contributed by atoms with van der Waals surface area (Å²) in [7, 11) is -15.0. The second-order valence-corrected chi connectivity index (χ2v) is 11.2. The fourth-order valence-corrected chi connectivity index (χ4v) is 5.25. The Kier molecular flexibility index (Phi) is 6.44. The molecule has 0 saturated carbocycles. The second-order valence-electron chi connectivity index (χ2n) is 6.99. The van der Waals surface area contributed by atoms with Crippen LogP contribution in [0.5, 0.6) is 5.75 Å². The molecule has 3 rings (SSSR count). The lowest BCUT2D eigenvalue weighted by atomic mass is 10.1. The first-order chi connectivity index (χ1) is 15.9. The van der Waals surface area contributed by atoms with E-state index in [9.17, 15) is 53.9 Å². The molecular formula is C18H14N2O12S3. The number of phenolic OH excluding ortho intramolecular Hbond substituents is 1. The zero-order chi connectivity index (χ0) is 26.5. The summed E-state index contributed by atoms with van der Waals surface area (Å²) in [6, 6.07) is 5.06. The molecule has 0 aliphatic carbocycles. The van der Waals surface area contributed by atoms with Crippen molar-refractivity contribution >= 4 is 58.5 Å².